The Bertz CT molecular complexity index is 944. The van der Waals surface area contributed by atoms with Crippen molar-refractivity contribution in [1.82, 2.24) is 5.32 Å². The van der Waals surface area contributed by atoms with Gasteiger partial charge in [-0.15, -0.1) is 0 Å². The summed E-state index contributed by atoms with van der Waals surface area (Å²) in [5.41, 5.74) is 2.43. The van der Waals surface area contributed by atoms with Gasteiger partial charge in [-0.25, -0.2) is 0 Å². The number of amides is 1. The Morgan fingerprint density at radius 2 is 1.70 bits per heavy atom. The molecule has 27 heavy (non-hydrogen) atoms. The van der Waals surface area contributed by atoms with E-state index in [1.54, 1.807) is 30.3 Å². The highest BCUT2D eigenvalue weighted by Crippen LogP contribution is 2.24. The Kier molecular flexibility index (Phi) is 6.34. The van der Waals surface area contributed by atoms with E-state index in [2.05, 4.69) is 16.0 Å². The Labute approximate surface area is 171 Å². The SMILES string of the molecule is O=C(Nc1ccc(CNC(=S)Nc2ccc(Cl)c(Cl)c2)cc1)c1ccco1. The molecule has 3 N–H and O–H groups in total. The third-order valence-corrected chi connectivity index (χ3v) is 4.57. The Morgan fingerprint density at radius 1 is 0.963 bits per heavy atom. The monoisotopic (exact) mass is 419 g/mol. The fourth-order valence-corrected chi connectivity index (χ4v) is 2.73. The van der Waals surface area contributed by atoms with E-state index in [4.69, 9.17) is 39.8 Å². The molecule has 0 spiro atoms. The van der Waals surface area contributed by atoms with Crippen LogP contribution in [0.2, 0.25) is 10.0 Å². The first-order valence-electron chi connectivity index (χ1n) is 7.95. The number of hydrogen-bond acceptors (Lipinski definition) is 3. The molecule has 0 fully saturated rings. The Morgan fingerprint density at radius 3 is 2.37 bits per heavy atom. The number of hydrogen-bond donors (Lipinski definition) is 3. The number of carbonyl (C=O) groups excluding carboxylic acids is 1. The minimum absolute atomic E-state index is 0.263. The van der Waals surface area contributed by atoms with Crippen molar-refractivity contribution in [3.63, 3.8) is 0 Å². The van der Waals surface area contributed by atoms with Crippen LogP contribution in [0.5, 0.6) is 0 Å². The maximum atomic E-state index is 11.9. The molecule has 138 valence electrons. The van der Waals surface area contributed by atoms with E-state index in [0.717, 1.165) is 11.3 Å². The molecule has 8 heteroatoms. The minimum Gasteiger partial charge on any atom is -0.459 e. The van der Waals surface area contributed by atoms with Crippen molar-refractivity contribution in [3.05, 3.63) is 82.2 Å². The van der Waals surface area contributed by atoms with E-state index in [-0.39, 0.29) is 11.7 Å². The van der Waals surface area contributed by atoms with Crippen molar-refractivity contribution in [1.29, 1.82) is 0 Å². The quantitative estimate of drug-likeness (QED) is 0.488. The van der Waals surface area contributed by atoms with Gasteiger partial charge < -0.3 is 20.4 Å². The number of furan rings is 1. The van der Waals surface area contributed by atoms with Crippen LogP contribution in [0.3, 0.4) is 0 Å². The molecule has 1 heterocycles. The van der Waals surface area contributed by atoms with Crippen LogP contribution in [0.1, 0.15) is 16.1 Å². The lowest BCUT2D eigenvalue weighted by Crippen LogP contribution is -2.27. The molecule has 0 aliphatic heterocycles. The Balaban J connectivity index is 1.50. The summed E-state index contributed by atoms with van der Waals surface area (Å²) in [6.45, 7) is 0.527. The second-order valence-electron chi connectivity index (χ2n) is 5.56. The summed E-state index contributed by atoms with van der Waals surface area (Å²) in [5, 5.41) is 10.3. The van der Waals surface area contributed by atoms with Crippen molar-refractivity contribution < 1.29 is 9.21 Å². The molecule has 0 saturated heterocycles. The number of nitrogens with one attached hydrogen (secondary N) is 3. The standard InChI is InChI=1S/C19H15Cl2N3O2S/c20-15-8-7-14(10-16(15)21)24-19(27)22-11-12-3-5-13(6-4-12)23-18(25)17-2-1-9-26-17/h1-10H,11H2,(H,23,25)(H2,22,24,27). The van der Waals surface area contributed by atoms with Crippen molar-refractivity contribution in [2.75, 3.05) is 10.6 Å². The van der Waals surface area contributed by atoms with Crippen molar-refractivity contribution in [3.8, 4) is 0 Å². The summed E-state index contributed by atoms with van der Waals surface area (Å²) >= 11 is 17.1. The van der Waals surface area contributed by atoms with Gasteiger partial charge in [0.1, 0.15) is 0 Å². The van der Waals surface area contributed by atoms with Gasteiger partial charge in [0.15, 0.2) is 10.9 Å². The lowest BCUT2D eigenvalue weighted by molar-refractivity contribution is 0.0996. The predicted octanol–water partition coefficient (Wildman–Crippen LogP) is 5.33. The molecule has 0 radical (unpaired) electrons. The lowest BCUT2D eigenvalue weighted by atomic mass is 10.2. The smallest absolute Gasteiger partial charge is 0.291 e. The van der Waals surface area contributed by atoms with Crippen molar-refractivity contribution >= 4 is 57.8 Å². The van der Waals surface area contributed by atoms with E-state index in [0.29, 0.717) is 27.4 Å². The topological polar surface area (TPSA) is 66.3 Å². The number of carbonyl (C=O) groups is 1. The first-order valence-corrected chi connectivity index (χ1v) is 9.11. The number of benzene rings is 2. The van der Waals surface area contributed by atoms with Crippen molar-refractivity contribution in [2.24, 2.45) is 0 Å². The third-order valence-electron chi connectivity index (χ3n) is 3.59. The molecule has 0 bridgehead atoms. The summed E-state index contributed by atoms with van der Waals surface area (Å²) in [6, 6.07) is 15.9. The van der Waals surface area contributed by atoms with Crippen LogP contribution in [0.4, 0.5) is 11.4 Å². The van der Waals surface area contributed by atoms with Crippen LogP contribution in [-0.2, 0) is 6.54 Å². The molecule has 5 nitrogen and oxygen atoms in total. The fourth-order valence-electron chi connectivity index (χ4n) is 2.24. The van der Waals surface area contributed by atoms with Gasteiger partial charge in [-0.05, 0) is 60.2 Å². The molecule has 0 saturated carbocycles. The van der Waals surface area contributed by atoms with Gasteiger partial charge in [0.2, 0.25) is 0 Å². The number of thiocarbonyl (C=S) groups is 1. The molecular weight excluding hydrogens is 405 g/mol. The summed E-state index contributed by atoms with van der Waals surface area (Å²) in [5.74, 6) is -0.0302. The average molecular weight is 420 g/mol. The minimum atomic E-state index is -0.294. The molecule has 0 aliphatic carbocycles. The van der Waals surface area contributed by atoms with Gasteiger partial charge >= 0.3 is 0 Å². The van der Waals surface area contributed by atoms with Crippen LogP contribution in [0, 0.1) is 0 Å². The maximum Gasteiger partial charge on any atom is 0.291 e. The zero-order valence-electron chi connectivity index (χ0n) is 14.0. The Hall–Kier alpha value is -2.54. The number of anilines is 2. The molecule has 1 aromatic heterocycles. The van der Waals surface area contributed by atoms with Gasteiger partial charge in [-0.3, -0.25) is 4.79 Å². The van der Waals surface area contributed by atoms with Crippen LogP contribution >= 0.6 is 35.4 Å². The second-order valence-corrected chi connectivity index (χ2v) is 6.79. The zero-order valence-corrected chi connectivity index (χ0v) is 16.3. The van der Waals surface area contributed by atoms with Crippen molar-refractivity contribution in [2.45, 2.75) is 6.54 Å². The van der Waals surface area contributed by atoms with E-state index < -0.39 is 0 Å². The van der Waals surface area contributed by atoms with Crippen LogP contribution in [0.15, 0.2) is 65.3 Å². The lowest BCUT2D eigenvalue weighted by Gasteiger charge is -2.11. The largest absolute Gasteiger partial charge is 0.459 e. The molecule has 3 rings (SSSR count). The first kappa shape index (κ1) is 19.2. The average Bonchev–Trinajstić information content (AvgIpc) is 3.19. The van der Waals surface area contributed by atoms with E-state index in [9.17, 15) is 4.79 Å². The van der Waals surface area contributed by atoms with Gasteiger partial charge in [0.25, 0.3) is 5.91 Å². The van der Waals surface area contributed by atoms with E-state index in [1.807, 2.05) is 24.3 Å². The van der Waals surface area contributed by atoms with Crippen LogP contribution < -0.4 is 16.0 Å². The molecule has 2 aromatic carbocycles. The highest BCUT2D eigenvalue weighted by Gasteiger charge is 2.08. The molecule has 1 amide bonds. The molecule has 3 aromatic rings. The molecule has 0 aliphatic rings. The van der Waals surface area contributed by atoms with E-state index in [1.165, 1.54) is 6.26 Å². The van der Waals surface area contributed by atoms with E-state index >= 15 is 0 Å². The first-order chi connectivity index (χ1) is 13.0. The number of halogens is 2. The summed E-state index contributed by atoms with van der Waals surface area (Å²) in [4.78, 5) is 11.9. The fraction of sp³-hybridized carbons (Fsp3) is 0.0526. The molecule has 0 atom stereocenters. The molecule has 0 unspecified atom stereocenters. The summed E-state index contributed by atoms with van der Waals surface area (Å²) in [6.07, 6.45) is 1.46. The maximum absolute atomic E-state index is 11.9. The highest BCUT2D eigenvalue weighted by molar-refractivity contribution is 7.80. The highest BCUT2D eigenvalue weighted by atomic mass is 35.5. The summed E-state index contributed by atoms with van der Waals surface area (Å²) in [7, 11) is 0. The van der Waals surface area contributed by atoms with Crippen LogP contribution in [-0.4, -0.2) is 11.0 Å². The number of rotatable bonds is 5. The van der Waals surface area contributed by atoms with Gasteiger partial charge in [0, 0.05) is 17.9 Å². The second kappa shape index (κ2) is 8.90. The summed E-state index contributed by atoms with van der Waals surface area (Å²) < 4.78 is 5.06. The van der Waals surface area contributed by atoms with Crippen LogP contribution in [0.25, 0.3) is 0 Å². The normalized spacial score (nSPS) is 10.3. The van der Waals surface area contributed by atoms with Gasteiger partial charge in [-0.2, -0.15) is 0 Å². The molecular formula is C19H15Cl2N3O2S. The predicted molar refractivity (Wildman–Crippen MR) is 113 cm³/mol. The van der Waals surface area contributed by atoms with Gasteiger partial charge in [-0.1, -0.05) is 35.3 Å². The zero-order chi connectivity index (χ0) is 19.2. The third kappa shape index (κ3) is 5.47. The van der Waals surface area contributed by atoms with Gasteiger partial charge in [0.05, 0.1) is 16.3 Å².